The molecule has 2 rings (SSSR count). The number of hydrogen-bond acceptors (Lipinski definition) is 3. The fraction of sp³-hybridized carbons (Fsp3) is 0.526. The molecule has 0 N–H and O–H groups in total. The van der Waals surface area contributed by atoms with Gasteiger partial charge in [-0.1, -0.05) is 24.6 Å². The van der Waals surface area contributed by atoms with Gasteiger partial charge in [0.2, 0.25) is 0 Å². The summed E-state index contributed by atoms with van der Waals surface area (Å²) in [5.41, 5.74) is 1.13. The van der Waals surface area contributed by atoms with Crippen molar-refractivity contribution >= 4 is 22.5 Å². The van der Waals surface area contributed by atoms with Gasteiger partial charge in [0.25, 0.3) is 0 Å². The van der Waals surface area contributed by atoms with Gasteiger partial charge in [0.1, 0.15) is 5.75 Å². The van der Waals surface area contributed by atoms with Gasteiger partial charge in [-0.3, -0.25) is 9.88 Å². The lowest BCUT2D eigenvalue weighted by Gasteiger charge is -2.28. The summed E-state index contributed by atoms with van der Waals surface area (Å²) < 4.78 is 28.7. The SMILES string of the molecule is CCN(C(C)C)C(C)C.Cc1c(OC(F)F)c(Cl)cc2cccnc12. The van der Waals surface area contributed by atoms with Crippen molar-refractivity contribution in [1.82, 2.24) is 9.88 Å². The summed E-state index contributed by atoms with van der Waals surface area (Å²) in [5.74, 6) is -0.0112. The number of rotatable bonds is 5. The molecule has 0 fully saturated rings. The number of pyridine rings is 1. The fourth-order valence-electron chi connectivity index (χ4n) is 2.90. The monoisotopic (exact) mass is 372 g/mol. The summed E-state index contributed by atoms with van der Waals surface area (Å²) in [6.45, 7) is 11.1. The summed E-state index contributed by atoms with van der Waals surface area (Å²) in [6, 6.07) is 6.51. The standard InChI is InChI=1S/C11H8ClF2NO.C8H19N/c1-6-9-7(3-2-4-15-9)5-8(12)10(6)16-11(13)14;1-6-9(7(2)3)8(4)5/h2-5,11H,1H3;7-8H,6H2,1-5H3. The molecule has 0 amide bonds. The van der Waals surface area contributed by atoms with Gasteiger partial charge in [-0.05, 0) is 53.3 Å². The maximum Gasteiger partial charge on any atom is 0.387 e. The zero-order valence-corrected chi connectivity index (χ0v) is 16.4. The molecule has 1 aromatic heterocycles. The van der Waals surface area contributed by atoms with Crippen LogP contribution in [0.25, 0.3) is 10.9 Å². The van der Waals surface area contributed by atoms with Gasteiger partial charge in [0.05, 0.1) is 10.5 Å². The van der Waals surface area contributed by atoms with Gasteiger partial charge in [-0.25, -0.2) is 0 Å². The van der Waals surface area contributed by atoms with E-state index in [1.807, 2.05) is 6.07 Å². The molecule has 0 spiro atoms. The lowest BCUT2D eigenvalue weighted by atomic mass is 10.1. The van der Waals surface area contributed by atoms with Gasteiger partial charge in [-0.15, -0.1) is 0 Å². The number of fused-ring (bicyclic) bond motifs is 1. The first kappa shape index (κ1) is 21.6. The number of ether oxygens (including phenoxy) is 1. The molecule has 3 nitrogen and oxygen atoms in total. The Morgan fingerprint density at radius 1 is 1.20 bits per heavy atom. The van der Waals surface area contributed by atoms with E-state index >= 15 is 0 Å². The second kappa shape index (κ2) is 9.88. The first-order valence-corrected chi connectivity index (χ1v) is 8.81. The van der Waals surface area contributed by atoms with Gasteiger partial charge in [0.15, 0.2) is 0 Å². The quantitative estimate of drug-likeness (QED) is 0.651. The highest BCUT2D eigenvalue weighted by Gasteiger charge is 2.15. The van der Waals surface area contributed by atoms with E-state index in [-0.39, 0.29) is 10.8 Å². The highest BCUT2D eigenvalue weighted by Crippen LogP contribution is 2.34. The molecule has 6 heteroatoms. The van der Waals surface area contributed by atoms with Crippen molar-refractivity contribution in [3.05, 3.63) is 35.0 Å². The number of benzene rings is 1. The number of aromatic nitrogens is 1. The third kappa shape index (κ3) is 6.08. The summed E-state index contributed by atoms with van der Waals surface area (Å²) in [4.78, 5) is 6.56. The van der Waals surface area contributed by atoms with E-state index in [2.05, 4.69) is 49.2 Å². The topological polar surface area (TPSA) is 25.4 Å². The van der Waals surface area contributed by atoms with E-state index in [4.69, 9.17) is 11.6 Å². The maximum atomic E-state index is 12.2. The molecular weight excluding hydrogens is 346 g/mol. The molecule has 1 heterocycles. The molecule has 25 heavy (non-hydrogen) atoms. The van der Waals surface area contributed by atoms with Gasteiger partial charge < -0.3 is 4.74 Å². The molecule has 1 aromatic carbocycles. The number of hydrogen-bond donors (Lipinski definition) is 0. The Morgan fingerprint density at radius 2 is 1.80 bits per heavy atom. The molecule has 2 aromatic rings. The first-order chi connectivity index (χ1) is 11.7. The van der Waals surface area contributed by atoms with E-state index in [9.17, 15) is 8.78 Å². The van der Waals surface area contributed by atoms with Crippen LogP contribution in [0.3, 0.4) is 0 Å². The summed E-state index contributed by atoms with van der Waals surface area (Å²) in [5, 5.41) is 0.963. The smallest absolute Gasteiger partial charge is 0.387 e. The van der Waals surface area contributed by atoms with Crippen LogP contribution in [0, 0.1) is 6.92 Å². The molecule has 0 atom stereocenters. The minimum absolute atomic E-state index is 0.0112. The van der Waals surface area contributed by atoms with Crippen LogP contribution in [0.5, 0.6) is 5.75 Å². The van der Waals surface area contributed by atoms with Crippen LogP contribution in [0.4, 0.5) is 8.78 Å². The Labute approximate surface area is 153 Å². The van der Waals surface area contributed by atoms with Crippen LogP contribution in [-0.2, 0) is 0 Å². The number of halogens is 3. The summed E-state index contributed by atoms with van der Waals surface area (Å²) in [7, 11) is 0. The molecule has 0 bridgehead atoms. The third-order valence-electron chi connectivity index (χ3n) is 3.93. The largest absolute Gasteiger partial charge is 0.433 e. The Hall–Kier alpha value is -1.46. The normalized spacial score (nSPS) is 11.4. The number of aryl methyl sites for hydroxylation is 1. The first-order valence-electron chi connectivity index (χ1n) is 8.43. The lowest BCUT2D eigenvalue weighted by molar-refractivity contribution is -0.0501. The maximum absolute atomic E-state index is 12.2. The summed E-state index contributed by atoms with van der Waals surface area (Å²) in [6.07, 6.45) is 1.59. The van der Waals surface area contributed by atoms with Crippen LogP contribution in [0.15, 0.2) is 24.4 Å². The van der Waals surface area contributed by atoms with Crippen molar-refractivity contribution in [2.45, 2.75) is 60.2 Å². The second-order valence-corrected chi connectivity index (χ2v) is 6.69. The van der Waals surface area contributed by atoms with E-state index in [1.54, 1.807) is 25.3 Å². The summed E-state index contributed by atoms with van der Waals surface area (Å²) >= 11 is 5.87. The highest BCUT2D eigenvalue weighted by molar-refractivity contribution is 6.33. The third-order valence-corrected chi connectivity index (χ3v) is 4.21. The van der Waals surface area contributed by atoms with Crippen molar-refractivity contribution in [3.63, 3.8) is 0 Å². The minimum Gasteiger partial charge on any atom is -0.433 e. The number of alkyl halides is 2. The fourth-order valence-corrected chi connectivity index (χ4v) is 3.20. The van der Waals surface area contributed by atoms with Crippen molar-refractivity contribution < 1.29 is 13.5 Å². The Balaban J connectivity index is 0.000000299. The van der Waals surface area contributed by atoms with Gasteiger partial charge in [-0.2, -0.15) is 8.78 Å². The lowest BCUT2D eigenvalue weighted by Crippen LogP contribution is -2.36. The van der Waals surface area contributed by atoms with Crippen LogP contribution in [0.1, 0.15) is 40.2 Å². The molecule has 0 saturated heterocycles. The molecule has 0 aliphatic heterocycles. The van der Waals surface area contributed by atoms with Gasteiger partial charge >= 0.3 is 6.61 Å². The van der Waals surface area contributed by atoms with Crippen LogP contribution >= 0.6 is 11.6 Å². The predicted molar refractivity (Wildman–Crippen MR) is 101 cm³/mol. The van der Waals surface area contributed by atoms with Crippen LogP contribution < -0.4 is 4.74 Å². The van der Waals surface area contributed by atoms with E-state index in [0.717, 1.165) is 11.9 Å². The Morgan fingerprint density at radius 3 is 2.24 bits per heavy atom. The van der Waals surface area contributed by atoms with Crippen molar-refractivity contribution in [2.75, 3.05) is 6.54 Å². The van der Waals surface area contributed by atoms with Crippen molar-refractivity contribution in [2.24, 2.45) is 0 Å². The number of nitrogens with zero attached hydrogens (tertiary/aromatic N) is 2. The molecule has 0 unspecified atom stereocenters. The highest BCUT2D eigenvalue weighted by atomic mass is 35.5. The molecule has 0 saturated carbocycles. The average Bonchev–Trinajstić information content (AvgIpc) is 2.51. The minimum atomic E-state index is -2.89. The Kier molecular flexibility index (Phi) is 8.53. The van der Waals surface area contributed by atoms with Crippen LogP contribution in [-0.4, -0.2) is 35.1 Å². The Bertz CT molecular complexity index is 670. The molecule has 0 aliphatic rings. The van der Waals surface area contributed by atoms with E-state index < -0.39 is 6.61 Å². The second-order valence-electron chi connectivity index (χ2n) is 6.28. The molecule has 0 radical (unpaired) electrons. The van der Waals surface area contributed by atoms with Crippen molar-refractivity contribution in [3.8, 4) is 5.75 Å². The average molecular weight is 373 g/mol. The molecule has 140 valence electrons. The van der Waals surface area contributed by atoms with E-state index in [1.165, 1.54) is 0 Å². The van der Waals surface area contributed by atoms with Gasteiger partial charge in [0, 0.05) is 29.2 Å². The zero-order valence-electron chi connectivity index (χ0n) is 15.7. The molecule has 0 aliphatic carbocycles. The zero-order chi connectivity index (χ0) is 19.1. The van der Waals surface area contributed by atoms with E-state index in [0.29, 0.717) is 23.2 Å². The van der Waals surface area contributed by atoms with Crippen molar-refractivity contribution in [1.29, 1.82) is 0 Å². The predicted octanol–water partition coefficient (Wildman–Crippen LogP) is 5.92. The van der Waals surface area contributed by atoms with Crippen LogP contribution in [0.2, 0.25) is 5.02 Å². The molecular formula is C19H27ClF2N2O.